The third kappa shape index (κ3) is 5.65. The van der Waals surface area contributed by atoms with E-state index in [1.54, 1.807) is 6.26 Å². The summed E-state index contributed by atoms with van der Waals surface area (Å²) in [4.78, 5) is 0. The van der Waals surface area contributed by atoms with Gasteiger partial charge in [-0.1, -0.05) is 18.2 Å². The lowest BCUT2D eigenvalue weighted by molar-refractivity contribution is 0.239. The minimum Gasteiger partial charge on any atom is -0.491 e. The van der Waals surface area contributed by atoms with Crippen LogP contribution in [0.1, 0.15) is 26.3 Å². The molecule has 0 aliphatic heterocycles. The SMILES string of the molecule is CC(CS(C)=O)NCc1ccccc1OC(C)C. The van der Waals surface area contributed by atoms with Gasteiger partial charge in [-0.25, -0.2) is 0 Å². The summed E-state index contributed by atoms with van der Waals surface area (Å²) in [7, 11) is -0.762. The first-order valence-corrected chi connectivity index (χ1v) is 7.99. The lowest BCUT2D eigenvalue weighted by atomic mass is 10.2. The second kappa shape index (κ2) is 7.54. The summed E-state index contributed by atoms with van der Waals surface area (Å²) in [5.74, 6) is 1.59. The summed E-state index contributed by atoms with van der Waals surface area (Å²) in [6.07, 6.45) is 1.90. The van der Waals surface area contributed by atoms with Gasteiger partial charge in [0.15, 0.2) is 0 Å². The summed E-state index contributed by atoms with van der Waals surface area (Å²) in [6.45, 7) is 6.83. The molecule has 102 valence electrons. The van der Waals surface area contributed by atoms with Crippen LogP contribution in [0.4, 0.5) is 0 Å². The van der Waals surface area contributed by atoms with Crippen molar-refractivity contribution in [1.82, 2.24) is 5.32 Å². The Balaban J connectivity index is 2.58. The summed E-state index contributed by atoms with van der Waals surface area (Å²) in [6, 6.07) is 8.27. The Bertz CT molecular complexity index is 393. The number of rotatable bonds is 7. The number of para-hydroxylation sites is 1. The second-order valence-corrected chi connectivity index (χ2v) is 6.28. The molecule has 0 aliphatic rings. The van der Waals surface area contributed by atoms with E-state index in [2.05, 4.69) is 11.4 Å². The molecule has 4 heteroatoms. The highest BCUT2D eigenvalue weighted by molar-refractivity contribution is 7.84. The lowest BCUT2D eigenvalue weighted by Gasteiger charge is -2.17. The van der Waals surface area contributed by atoms with Crippen LogP contribution in [0.25, 0.3) is 0 Å². The molecular weight excluding hydrogens is 246 g/mol. The lowest BCUT2D eigenvalue weighted by Crippen LogP contribution is -2.30. The van der Waals surface area contributed by atoms with Crippen molar-refractivity contribution >= 4 is 10.8 Å². The van der Waals surface area contributed by atoms with Crippen LogP contribution in [0.15, 0.2) is 24.3 Å². The van der Waals surface area contributed by atoms with Crippen molar-refractivity contribution < 1.29 is 8.95 Å². The van der Waals surface area contributed by atoms with E-state index in [1.807, 2.05) is 39.0 Å². The number of nitrogens with one attached hydrogen (secondary N) is 1. The van der Waals surface area contributed by atoms with Crippen molar-refractivity contribution in [2.75, 3.05) is 12.0 Å². The third-order valence-electron chi connectivity index (χ3n) is 2.46. The zero-order chi connectivity index (χ0) is 13.5. The number of hydrogen-bond donors (Lipinski definition) is 1. The average Bonchev–Trinajstić information content (AvgIpc) is 2.26. The first-order valence-electron chi connectivity index (χ1n) is 6.27. The maximum absolute atomic E-state index is 11.1. The Labute approximate surface area is 112 Å². The van der Waals surface area contributed by atoms with Gasteiger partial charge in [-0.05, 0) is 26.8 Å². The van der Waals surface area contributed by atoms with Gasteiger partial charge in [0, 0.05) is 41.0 Å². The van der Waals surface area contributed by atoms with Gasteiger partial charge in [-0.3, -0.25) is 4.21 Å². The van der Waals surface area contributed by atoms with Crippen LogP contribution in [0.2, 0.25) is 0 Å². The van der Waals surface area contributed by atoms with Crippen molar-refractivity contribution in [3.05, 3.63) is 29.8 Å². The fourth-order valence-corrected chi connectivity index (χ4v) is 2.54. The Morgan fingerprint density at radius 2 is 1.94 bits per heavy atom. The van der Waals surface area contributed by atoms with Crippen molar-refractivity contribution in [3.8, 4) is 5.75 Å². The van der Waals surface area contributed by atoms with Crippen molar-refractivity contribution in [1.29, 1.82) is 0 Å². The largest absolute Gasteiger partial charge is 0.491 e. The quantitative estimate of drug-likeness (QED) is 0.825. The molecule has 0 saturated heterocycles. The smallest absolute Gasteiger partial charge is 0.124 e. The highest BCUT2D eigenvalue weighted by Crippen LogP contribution is 2.19. The molecule has 1 aromatic rings. The molecule has 1 rings (SSSR count). The molecule has 0 aliphatic carbocycles. The van der Waals surface area contributed by atoms with Gasteiger partial charge in [-0.15, -0.1) is 0 Å². The minimum absolute atomic E-state index is 0.173. The molecule has 2 atom stereocenters. The molecule has 0 heterocycles. The molecule has 1 N–H and O–H groups in total. The molecule has 18 heavy (non-hydrogen) atoms. The zero-order valence-electron chi connectivity index (χ0n) is 11.6. The number of hydrogen-bond acceptors (Lipinski definition) is 3. The van der Waals surface area contributed by atoms with Crippen LogP contribution in [0.3, 0.4) is 0 Å². The van der Waals surface area contributed by atoms with Gasteiger partial charge in [0.2, 0.25) is 0 Å². The van der Waals surface area contributed by atoms with E-state index in [9.17, 15) is 4.21 Å². The predicted octanol–water partition coefficient (Wildman–Crippen LogP) is 2.33. The second-order valence-electron chi connectivity index (χ2n) is 4.80. The number of benzene rings is 1. The molecule has 0 radical (unpaired) electrons. The third-order valence-corrected chi connectivity index (χ3v) is 3.43. The molecule has 2 unspecified atom stereocenters. The Morgan fingerprint density at radius 1 is 1.28 bits per heavy atom. The first-order chi connectivity index (χ1) is 8.49. The molecule has 0 amide bonds. The monoisotopic (exact) mass is 269 g/mol. The highest BCUT2D eigenvalue weighted by Gasteiger charge is 2.07. The standard InChI is InChI=1S/C14H23NO2S/c1-11(2)17-14-8-6-5-7-13(14)9-15-12(3)10-18(4)16/h5-8,11-12,15H,9-10H2,1-4H3. The summed E-state index contributed by atoms with van der Waals surface area (Å²) in [5.41, 5.74) is 1.14. The molecule has 0 bridgehead atoms. The molecule has 0 fully saturated rings. The first kappa shape index (κ1) is 15.2. The molecule has 3 nitrogen and oxygen atoms in total. The van der Waals surface area contributed by atoms with Crippen molar-refractivity contribution in [3.63, 3.8) is 0 Å². The number of ether oxygens (including phenoxy) is 1. The van der Waals surface area contributed by atoms with Crippen LogP contribution in [0, 0.1) is 0 Å². The maximum atomic E-state index is 11.1. The van der Waals surface area contributed by atoms with Crippen molar-refractivity contribution in [2.45, 2.75) is 39.5 Å². The van der Waals surface area contributed by atoms with Gasteiger partial charge in [0.1, 0.15) is 5.75 Å². The highest BCUT2D eigenvalue weighted by atomic mass is 32.2. The fourth-order valence-electron chi connectivity index (χ4n) is 1.71. The maximum Gasteiger partial charge on any atom is 0.124 e. The Kier molecular flexibility index (Phi) is 6.36. The molecule has 0 saturated carbocycles. The summed E-state index contributed by atoms with van der Waals surface area (Å²) in [5, 5.41) is 3.37. The minimum atomic E-state index is -0.762. The van der Waals surface area contributed by atoms with Crippen LogP contribution < -0.4 is 10.1 Å². The van der Waals surface area contributed by atoms with Gasteiger partial charge in [0.05, 0.1) is 6.10 Å². The average molecular weight is 269 g/mol. The van der Waals surface area contributed by atoms with Crippen LogP contribution in [-0.4, -0.2) is 28.4 Å². The van der Waals surface area contributed by atoms with Crippen LogP contribution in [0.5, 0.6) is 5.75 Å². The van der Waals surface area contributed by atoms with E-state index in [0.29, 0.717) is 5.75 Å². The van der Waals surface area contributed by atoms with E-state index in [0.717, 1.165) is 17.9 Å². The Morgan fingerprint density at radius 3 is 2.56 bits per heavy atom. The molecule has 0 aromatic heterocycles. The summed E-state index contributed by atoms with van der Waals surface area (Å²) >= 11 is 0. The van der Waals surface area contributed by atoms with Gasteiger partial charge in [0.25, 0.3) is 0 Å². The van der Waals surface area contributed by atoms with Crippen LogP contribution in [-0.2, 0) is 17.3 Å². The van der Waals surface area contributed by atoms with E-state index >= 15 is 0 Å². The fraction of sp³-hybridized carbons (Fsp3) is 0.571. The molecule has 0 spiro atoms. The zero-order valence-corrected chi connectivity index (χ0v) is 12.4. The van der Waals surface area contributed by atoms with E-state index in [4.69, 9.17) is 4.74 Å². The molecule has 1 aromatic carbocycles. The van der Waals surface area contributed by atoms with Gasteiger partial charge >= 0.3 is 0 Å². The molecular formula is C14H23NO2S. The van der Waals surface area contributed by atoms with Crippen molar-refractivity contribution in [2.24, 2.45) is 0 Å². The van der Waals surface area contributed by atoms with Gasteiger partial charge < -0.3 is 10.1 Å². The predicted molar refractivity (Wildman–Crippen MR) is 77.4 cm³/mol. The van der Waals surface area contributed by atoms with E-state index in [-0.39, 0.29) is 12.1 Å². The Hall–Kier alpha value is -0.870. The normalized spacial score (nSPS) is 14.5. The van der Waals surface area contributed by atoms with Crippen LogP contribution >= 0.6 is 0 Å². The summed E-state index contributed by atoms with van der Waals surface area (Å²) < 4.78 is 16.9. The topological polar surface area (TPSA) is 38.3 Å². The van der Waals surface area contributed by atoms with Gasteiger partial charge in [-0.2, -0.15) is 0 Å². The van der Waals surface area contributed by atoms with E-state index in [1.165, 1.54) is 0 Å². The van der Waals surface area contributed by atoms with E-state index < -0.39 is 10.8 Å².